The average molecular weight is 412 g/mol. The molecule has 10 nitrogen and oxygen atoms in total. The molecule has 2 atom stereocenters. The van der Waals surface area contributed by atoms with Gasteiger partial charge in [0.25, 0.3) is 15.9 Å². The Kier molecular flexibility index (Phi) is 6.97. The van der Waals surface area contributed by atoms with Crippen molar-refractivity contribution in [1.82, 2.24) is 20.4 Å². The number of hydrogen-bond acceptors (Lipinski definition) is 6. The largest absolute Gasteiger partial charge is 0.329 e. The zero-order valence-electron chi connectivity index (χ0n) is 15.6. The molecule has 154 valence electrons. The van der Waals surface area contributed by atoms with Gasteiger partial charge in [-0.25, -0.2) is 23.4 Å². The van der Waals surface area contributed by atoms with E-state index in [0.717, 1.165) is 0 Å². The number of hydroxylamine groups is 1. The molecule has 1 aromatic carbocycles. The summed E-state index contributed by atoms with van der Waals surface area (Å²) in [6.45, 7) is 3.94. The zero-order chi connectivity index (χ0) is 20.9. The van der Waals surface area contributed by atoms with E-state index in [1.807, 2.05) is 18.6 Å². The van der Waals surface area contributed by atoms with Crippen molar-refractivity contribution in [2.75, 3.05) is 6.54 Å². The van der Waals surface area contributed by atoms with Gasteiger partial charge in [0.2, 0.25) is 5.91 Å². The molecule has 0 spiro atoms. The highest BCUT2D eigenvalue weighted by molar-refractivity contribution is 7.90. The van der Waals surface area contributed by atoms with Gasteiger partial charge in [0.1, 0.15) is 12.1 Å². The van der Waals surface area contributed by atoms with Gasteiger partial charge in [0.05, 0.1) is 4.90 Å². The fraction of sp³-hybridized carbons (Fsp3) is 0.471. The molecule has 28 heavy (non-hydrogen) atoms. The topological polar surface area (TPSA) is 145 Å². The highest BCUT2D eigenvalue weighted by atomic mass is 32.2. The van der Waals surface area contributed by atoms with Crippen LogP contribution in [0.15, 0.2) is 35.2 Å². The molecule has 0 radical (unpaired) electrons. The number of amides is 4. The summed E-state index contributed by atoms with van der Waals surface area (Å²) < 4.78 is 26.2. The summed E-state index contributed by atoms with van der Waals surface area (Å²) in [5, 5.41) is 11.3. The van der Waals surface area contributed by atoms with Crippen LogP contribution in [0, 0.1) is 5.92 Å². The maximum absolute atomic E-state index is 12.6. The minimum Gasteiger partial charge on any atom is -0.329 e. The van der Waals surface area contributed by atoms with Gasteiger partial charge in [-0.15, -0.1) is 0 Å². The molecule has 1 saturated heterocycles. The molecule has 4 amide bonds. The van der Waals surface area contributed by atoms with E-state index in [1.165, 1.54) is 29.2 Å². The predicted molar refractivity (Wildman–Crippen MR) is 98.6 cm³/mol. The van der Waals surface area contributed by atoms with Gasteiger partial charge in [0, 0.05) is 6.54 Å². The lowest BCUT2D eigenvalue weighted by molar-refractivity contribution is -0.143. The summed E-state index contributed by atoms with van der Waals surface area (Å²) >= 11 is 0. The third-order valence-electron chi connectivity index (χ3n) is 4.31. The monoisotopic (exact) mass is 412 g/mol. The minimum atomic E-state index is -4.07. The van der Waals surface area contributed by atoms with Crippen molar-refractivity contribution in [3.05, 3.63) is 30.3 Å². The number of urea groups is 1. The Balaban J connectivity index is 2.03. The lowest BCUT2D eigenvalue weighted by Gasteiger charge is -2.27. The second-order valence-electron chi connectivity index (χ2n) is 6.89. The first-order chi connectivity index (χ1) is 13.2. The zero-order valence-corrected chi connectivity index (χ0v) is 16.4. The first kappa shape index (κ1) is 21.6. The summed E-state index contributed by atoms with van der Waals surface area (Å²) in [5.74, 6) is -1.14. The van der Waals surface area contributed by atoms with Gasteiger partial charge in [0.15, 0.2) is 0 Å². The number of likely N-dealkylation sites (tertiary alicyclic amines) is 1. The van der Waals surface area contributed by atoms with Crippen LogP contribution >= 0.6 is 0 Å². The molecule has 2 rings (SSSR count). The van der Waals surface area contributed by atoms with Crippen LogP contribution in [0.5, 0.6) is 0 Å². The van der Waals surface area contributed by atoms with E-state index in [0.29, 0.717) is 6.42 Å². The van der Waals surface area contributed by atoms with Crippen LogP contribution in [-0.2, 0) is 19.6 Å². The number of benzene rings is 1. The van der Waals surface area contributed by atoms with Crippen molar-refractivity contribution >= 4 is 27.9 Å². The smallest absolute Gasteiger partial charge is 0.329 e. The molecular weight excluding hydrogens is 388 g/mol. The summed E-state index contributed by atoms with van der Waals surface area (Å²) in [7, 11) is -4.07. The number of nitrogens with zero attached hydrogens (tertiary/aromatic N) is 1. The Labute approximate surface area is 163 Å². The number of carbonyl (C=O) groups excluding carboxylic acids is 3. The van der Waals surface area contributed by atoms with E-state index >= 15 is 0 Å². The van der Waals surface area contributed by atoms with Crippen molar-refractivity contribution in [3.8, 4) is 0 Å². The SMILES string of the molecule is CC(C)CC(C(=O)NO)N1CCC(NC(=O)NS(=O)(=O)c2ccccc2)C1=O. The molecule has 4 N–H and O–H groups in total. The Morgan fingerprint density at radius 2 is 1.89 bits per heavy atom. The molecule has 2 unspecified atom stereocenters. The third kappa shape index (κ3) is 5.20. The summed E-state index contributed by atoms with van der Waals surface area (Å²) in [4.78, 5) is 37.8. The molecule has 0 aliphatic carbocycles. The van der Waals surface area contributed by atoms with Gasteiger partial charge >= 0.3 is 6.03 Å². The summed E-state index contributed by atoms with van der Waals surface area (Å²) in [6, 6.07) is 4.48. The Bertz CT molecular complexity index is 827. The number of hydrogen-bond donors (Lipinski definition) is 4. The quantitative estimate of drug-likeness (QED) is 0.372. The predicted octanol–water partition coefficient (Wildman–Crippen LogP) is 0.196. The van der Waals surface area contributed by atoms with E-state index < -0.39 is 40.0 Å². The second-order valence-corrected chi connectivity index (χ2v) is 8.57. The number of carbonyl (C=O) groups is 3. The van der Waals surface area contributed by atoms with Crippen molar-refractivity contribution in [2.24, 2.45) is 5.92 Å². The molecular formula is C17H24N4O6S. The number of sulfonamides is 1. The fourth-order valence-corrected chi connectivity index (χ4v) is 3.95. The summed E-state index contributed by atoms with van der Waals surface area (Å²) in [6.07, 6.45) is 0.546. The van der Waals surface area contributed by atoms with E-state index in [1.54, 1.807) is 11.5 Å². The highest BCUT2D eigenvalue weighted by Crippen LogP contribution is 2.20. The molecule has 0 bridgehead atoms. The maximum Gasteiger partial charge on any atom is 0.329 e. The lowest BCUT2D eigenvalue weighted by atomic mass is 10.0. The van der Waals surface area contributed by atoms with Gasteiger partial charge in [-0.05, 0) is 30.9 Å². The van der Waals surface area contributed by atoms with Crippen molar-refractivity contribution in [1.29, 1.82) is 0 Å². The van der Waals surface area contributed by atoms with E-state index in [-0.39, 0.29) is 23.8 Å². The second kappa shape index (κ2) is 9.02. The minimum absolute atomic E-state index is 0.0823. The first-order valence-electron chi connectivity index (χ1n) is 8.78. The van der Waals surface area contributed by atoms with E-state index in [2.05, 4.69) is 5.32 Å². The number of rotatable bonds is 7. The van der Waals surface area contributed by atoms with Gasteiger partial charge in [-0.1, -0.05) is 32.0 Å². The van der Waals surface area contributed by atoms with Gasteiger partial charge < -0.3 is 10.2 Å². The number of nitrogens with one attached hydrogen (secondary N) is 3. The highest BCUT2D eigenvalue weighted by Gasteiger charge is 2.40. The maximum atomic E-state index is 12.6. The van der Waals surface area contributed by atoms with Crippen LogP contribution in [0.25, 0.3) is 0 Å². The van der Waals surface area contributed by atoms with Gasteiger partial charge in [-0.2, -0.15) is 0 Å². The standard InChI is InChI=1S/C17H24N4O6S/c1-11(2)10-14(15(22)19-25)21-9-8-13(16(21)23)18-17(24)20-28(26,27)12-6-4-3-5-7-12/h3-7,11,13-14,25H,8-10H2,1-2H3,(H,19,22)(H2,18,20,24). The fourth-order valence-electron chi connectivity index (χ4n) is 3.01. The van der Waals surface area contributed by atoms with Crippen molar-refractivity contribution < 1.29 is 28.0 Å². The van der Waals surface area contributed by atoms with Crippen LogP contribution in [0.4, 0.5) is 4.79 Å². The Morgan fingerprint density at radius 1 is 1.25 bits per heavy atom. The van der Waals surface area contributed by atoms with Crippen molar-refractivity contribution in [3.63, 3.8) is 0 Å². The Hall–Kier alpha value is -2.66. The van der Waals surface area contributed by atoms with Gasteiger partial charge in [-0.3, -0.25) is 14.8 Å². The molecule has 0 aromatic heterocycles. The third-order valence-corrected chi connectivity index (χ3v) is 5.66. The van der Waals surface area contributed by atoms with E-state index in [4.69, 9.17) is 5.21 Å². The molecule has 1 aliphatic rings. The average Bonchev–Trinajstić information content (AvgIpc) is 2.99. The van der Waals surface area contributed by atoms with Crippen LogP contribution in [-0.4, -0.2) is 55.0 Å². The van der Waals surface area contributed by atoms with Crippen LogP contribution in [0.2, 0.25) is 0 Å². The normalized spacial score (nSPS) is 18.1. The molecule has 1 fully saturated rings. The van der Waals surface area contributed by atoms with E-state index in [9.17, 15) is 22.8 Å². The lowest BCUT2D eigenvalue weighted by Crippen LogP contribution is -2.52. The molecule has 11 heteroatoms. The molecule has 1 aliphatic heterocycles. The van der Waals surface area contributed by atoms with Crippen molar-refractivity contribution in [2.45, 2.75) is 43.7 Å². The Morgan fingerprint density at radius 3 is 2.46 bits per heavy atom. The van der Waals surface area contributed by atoms with Crippen LogP contribution in [0.3, 0.4) is 0 Å². The molecule has 1 heterocycles. The molecule has 1 aromatic rings. The van der Waals surface area contributed by atoms with Crippen LogP contribution in [0.1, 0.15) is 26.7 Å². The first-order valence-corrected chi connectivity index (χ1v) is 10.3. The summed E-state index contributed by atoms with van der Waals surface area (Å²) in [5.41, 5.74) is 1.56. The van der Waals surface area contributed by atoms with Crippen LogP contribution < -0.4 is 15.5 Å². The molecule has 0 saturated carbocycles.